The van der Waals surface area contributed by atoms with Gasteiger partial charge in [0, 0.05) is 23.7 Å². The van der Waals surface area contributed by atoms with E-state index in [1.807, 2.05) is 30.3 Å². The molecule has 1 amide bonds. The molecule has 2 atom stereocenters. The standard InChI is InChI=1S/C28H24ClF3N2O3S.H3N/c29-21-8-4-5-9-23(21)38-26-22(35)16-34(27(26)36)25(18-6-2-1-3-7-18)19-10-12-20(13-11-19)33-14-15-37-24(17-33)28(30,31)32;/h1-13,24-25,35H,14-17H2;1H3/p-1. The van der Waals surface area contributed by atoms with Crippen molar-refractivity contribution < 1.29 is 27.8 Å². The molecule has 0 spiro atoms. The summed E-state index contributed by atoms with van der Waals surface area (Å²) in [5, 5.41) is 13.4. The lowest BCUT2D eigenvalue weighted by Gasteiger charge is -2.35. The molecule has 3 aromatic carbocycles. The fourth-order valence-corrected chi connectivity index (χ4v) is 5.80. The molecule has 0 aliphatic carbocycles. The molecule has 3 N–H and O–H groups in total. The van der Waals surface area contributed by atoms with E-state index in [1.165, 1.54) is 4.90 Å². The van der Waals surface area contributed by atoms with Crippen LogP contribution in [0.1, 0.15) is 17.2 Å². The number of amides is 1. The van der Waals surface area contributed by atoms with E-state index in [-0.39, 0.29) is 42.4 Å². The highest BCUT2D eigenvalue weighted by Gasteiger charge is 2.43. The molecule has 2 aliphatic heterocycles. The molecule has 2 heterocycles. The first kappa shape index (κ1) is 28.8. The van der Waals surface area contributed by atoms with Gasteiger partial charge >= 0.3 is 6.18 Å². The summed E-state index contributed by atoms with van der Waals surface area (Å²) in [6.07, 6.45) is -6.28. The van der Waals surface area contributed by atoms with Gasteiger partial charge in [-0.15, -0.1) is 0 Å². The van der Waals surface area contributed by atoms with E-state index in [4.69, 9.17) is 16.3 Å². The van der Waals surface area contributed by atoms with Gasteiger partial charge in [0.15, 0.2) is 6.10 Å². The number of halogens is 4. The maximum atomic E-state index is 13.5. The minimum Gasteiger partial charge on any atom is -0.873 e. The maximum absolute atomic E-state index is 13.5. The Kier molecular flexibility index (Phi) is 8.80. The number of benzene rings is 3. The molecule has 5 rings (SSSR count). The molecule has 0 radical (unpaired) electrons. The predicted octanol–water partition coefficient (Wildman–Crippen LogP) is 5.57. The highest BCUT2D eigenvalue weighted by molar-refractivity contribution is 8.04. The van der Waals surface area contributed by atoms with E-state index >= 15 is 0 Å². The van der Waals surface area contributed by atoms with Gasteiger partial charge in [0.2, 0.25) is 0 Å². The molecule has 11 heteroatoms. The SMILES string of the molecule is N.O=C1C(Sc2ccccc2Cl)=C([O-])CN1C(c1ccccc1)c1ccc(N2CCOC(C(F)(F)F)C2)cc1. The van der Waals surface area contributed by atoms with Gasteiger partial charge in [0.1, 0.15) is 0 Å². The zero-order valence-corrected chi connectivity index (χ0v) is 22.3. The lowest BCUT2D eigenvalue weighted by molar-refractivity contribution is -0.305. The van der Waals surface area contributed by atoms with E-state index in [1.54, 1.807) is 53.4 Å². The Morgan fingerprint density at radius 2 is 1.62 bits per heavy atom. The van der Waals surface area contributed by atoms with Crippen molar-refractivity contribution in [2.75, 3.05) is 31.1 Å². The number of ether oxygens (including phenoxy) is 1. The number of thioether (sulfide) groups is 1. The Morgan fingerprint density at radius 1 is 0.974 bits per heavy atom. The average Bonchev–Trinajstić information content (AvgIpc) is 3.19. The molecule has 2 aliphatic rings. The first-order valence-electron chi connectivity index (χ1n) is 11.9. The first-order chi connectivity index (χ1) is 18.2. The summed E-state index contributed by atoms with van der Waals surface area (Å²) in [6.45, 7) is -0.0687. The fourth-order valence-electron chi connectivity index (χ4n) is 4.63. The van der Waals surface area contributed by atoms with Crippen molar-refractivity contribution in [3.63, 3.8) is 0 Å². The van der Waals surface area contributed by atoms with Crippen molar-refractivity contribution in [3.05, 3.63) is 106 Å². The number of hydrogen-bond donors (Lipinski definition) is 1. The van der Waals surface area contributed by atoms with Crippen LogP contribution >= 0.6 is 23.4 Å². The minimum absolute atomic E-state index is 0. The maximum Gasteiger partial charge on any atom is 0.416 e. The van der Waals surface area contributed by atoms with Crippen LogP contribution in [0.15, 0.2) is 94.4 Å². The Balaban J connectivity index is 0.00000353. The Bertz CT molecular complexity index is 1340. The van der Waals surface area contributed by atoms with Gasteiger partial charge in [0.25, 0.3) is 5.91 Å². The van der Waals surface area contributed by atoms with E-state index in [9.17, 15) is 23.1 Å². The molecule has 0 saturated carbocycles. The van der Waals surface area contributed by atoms with Crippen LogP contribution in [-0.2, 0) is 9.53 Å². The summed E-state index contributed by atoms with van der Waals surface area (Å²) >= 11 is 7.32. The van der Waals surface area contributed by atoms with Crippen LogP contribution in [-0.4, -0.2) is 49.3 Å². The fraction of sp³-hybridized carbons (Fsp3) is 0.250. The third-order valence-electron chi connectivity index (χ3n) is 6.50. The Labute approximate surface area is 233 Å². The number of morpholine rings is 1. The highest BCUT2D eigenvalue weighted by atomic mass is 35.5. The summed E-state index contributed by atoms with van der Waals surface area (Å²) in [5.74, 6) is -0.678. The highest BCUT2D eigenvalue weighted by Crippen LogP contribution is 2.41. The van der Waals surface area contributed by atoms with Crippen LogP contribution in [0.2, 0.25) is 5.02 Å². The number of rotatable bonds is 6. The number of carbonyl (C=O) groups excluding carboxylic acids is 1. The van der Waals surface area contributed by atoms with E-state index in [0.717, 1.165) is 22.9 Å². The van der Waals surface area contributed by atoms with Gasteiger partial charge in [-0.05, 0) is 35.4 Å². The number of anilines is 1. The largest absolute Gasteiger partial charge is 0.873 e. The molecule has 1 fully saturated rings. The molecule has 6 nitrogen and oxygen atoms in total. The lowest BCUT2D eigenvalue weighted by Crippen LogP contribution is -2.49. The van der Waals surface area contributed by atoms with Gasteiger partial charge in [-0.1, -0.05) is 83.7 Å². The topological polar surface area (TPSA) is 90.8 Å². The van der Waals surface area contributed by atoms with Crippen LogP contribution < -0.4 is 16.2 Å². The van der Waals surface area contributed by atoms with Gasteiger partial charge in [-0.3, -0.25) is 4.79 Å². The van der Waals surface area contributed by atoms with Crippen LogP contribution in [0, 0.1) is 0 Å². The first-order valence-corrected chi connectivity index (χ1v) is 13.1. The second kappa shape index (κ2) is 11.9. The molecular weight excluding hydrogens is 551 g/mol. The molecular formula is C28H26ClF3N3O3S-. The summed E-state index contributed by atoms with van der Waals surface area (Å²) in [4.78, 5) is 17.4. The zero-order valence-electron chi connectivity index (χ0n) is 20.7. The molecule has 39 heavy (non-hydrogen) atoms. The van der Waals surface area contributed by atoms with Crippen LogP contribution in [0.4, 0.5) is 18.9 Å². The molecule has 3 aromatic rings. The van der Waals surface area contributed by atoms with Gasteiger partial charge in [-0.25, -0.2) is 0 Å². The molecule has 0 aromatic heterocycles. The molecule has 0 bridgehead atoms. The van der Waals surface area contributed by atoms with E-state index in [0.29, 0.717) is 22.2 Å². The van der Waals surface area contributed by atoms with Crippen molar-refractivity contribution in [1.29, 1.82) is 0 Å². The van der Waals surface area contributed by atoms with Gasteiger partial charge in [0.05, 0.1) is 29.1 Å². The molecule has 2 unspecified atom stereocenters. The van der Waals surface area contributed by atoms with E-state index < -0.39 is 18.3 Å². The average molecular weight is 577 g/mol. The van der Waals surface area contributed by atoms with Crippen LogP contribution in [0.25, 0.3) is 0 Å². The van der Waals surface area contributed by atoms with Crippen molar-refractivity contribution in [2.24, 2.45) is 0 Å². The number of alkyl halides is 3. The summed E-state index contributed by atoms with van der Waals surface area (Å²) < 4.78 is 44.5. The second-order valence-corrected chi connectivity index (χ2v) is 10.4. The lowest BCUT2D eigenvalue weighted by atomic mass is 9.96. The zero-order chi connectivity index (χ0) is 26.9. The van der Waals surface area contributed by atoms with Crippen molar-refractivity contribution in [2.45, 2.75) is 23.2 Å². The van der Waals surface area contributed by atoms with Crippen molar-refractivity contribution >= 4 is 35.0 Å². The van der Waals surface area contributed by atoms with E-state index in [2.05, 4.69) is 0 Å². The predicted molar refractivity (Wildman–Crippen MR) is 144 cm³/mol. The number of carbonyl (C=O) groups is 1. The number of nitrogens with zero attached hydrogens (tertiary/aromatic N) is 2. The van der Waals surface area contributed by atoms with Crippen molar-refractivity contribution in [3.8, 4) is 0 Å². The minimum atomic E-state index is -4.43. The summed E-state index contributed by atoms with van der Waals surface area (Å²) in [6, 6.07) is 22.9. The normalized spacial score (nSPS) is 18.8. The summed E-state index contributed by atoms with van der Waals surface area (Å²) in [7, 11) is 0. The smallest absolute Gasteiger partial charge is 0.416 e. The molecule has 206 valence electrons. The number of hydrogen-bond acceptors (Lipinski definition) is 6. The molecule has 1 saturated heterocycles. The Morgan fingerprint density at radius 3 is 2.28 bits per heavy atom. The quantitative estimate of drug-likeness (QED) is 0.413. The summed E-state index contributed by atoms with van der Waals surface area (Å²) in [5.41, 5.74) is 2.18. The Hall–Kier alpha value is -3.18. The third kappa shape index (κ3) is 6.19. The van der Waals surface area contributed by atoms with Crippen molar-refractivity contribution in [1.82, 2.24) is 11.1 Å². The van der Waals surface area contributed by atoms with Crippen LogP contribution in [0.5, 0.6) is 0 Å². The third-order valence-corrected chi connectivity index (χ3v) is 8.13. The second-order valence-electron chi connectivity index (χ2n) is 8.97. The van der Waals surface area contributed by atoms with Gasteiger partial charge < -0.3 is 25.8 Å². The van der Waals surface area contributed by atoms with Gasteiger partial charge in [-0.2, -0.15) is 13.2 Å². The monoisotopic (exact) mass is 576 g/mol. The van der Waals surface area contributed by atoms with Crippen LogP contribution in [0.3, 0.4) is 0 Å².